The molecule has 0 aliphatic carbocycles. The van der Waals surface area contributed by atoms with Gasteiger partial charge in [0.1, 0.15) is 18.1 Å². The molecule has 8 N–H and O–H groups in total. The second kappa shape index (κ2) is 10.6. The van der Waals surface area contributed by atoms with E-state index >= 15 is 0 Å². The van der Waals surface area contributed by atoms with Crippen molar-refractivity contribution in [1.82, 2.24) is 15.5 Å². The van der Waals surface area contributed by atoms with Gasteiger partial charge in [0, 0.05) is 13.0 Å². The highest BCUT2D eigenvalue weighted by molar-refractivity contribution is 5.93. The Morgan fingerprint density at radius 3 is 2.39 bits per heavy atom. The number of nitrogens with one attached hydrogen (secondary N) is 2. The van der Waals surface area contributed by atoms with Gasteiger partial charge in [-0.25, -0.2) is 4.79 Å². The summed E-state index contributed by atoms with van der Waals surface area (Å²) < 4.78 is 0. The number of likely N-dealkylation sites (tertiary alicyclic amines) is 1. The van der Waals surface area contributed by atoms with Gasteiger partial charge in [-0.05, 0) is 26.2 Å². The number of carboxylic acid groups (broad SMARTS) is 1. The van der Waals surface area contributed by atoms with Crippen molar-refractivity contribution >= 4 is 29.6 Å². The molecular formula is C16H27N5O7. The second-order valence-corrected chi connectivity index (χ2v) is 6.63. The van der Waals surface area contributed by atoms with Crippen LogP contribution in [0.25, 0.3) is 0 Å². The molecule has 1 saturated heterocycles. The molecular weight excluding hydrogens is 374 g/mol. The lowest BCUT2D eigenvalue weighted by molar-refractivity contribution is -0.148. The summed E-state index contributed by atoms with van der Waals surface area (Å²) >= 11 is 0. The number of aliphatic hydroxyl groups is 1. The van der Waals surface area contributed by atoms with E-state index in [2.05, 4.69) is 10.6 Å². The van der Waals surface area contributed by atoms with Crippen LogP contribution in [0.1, 0.15) is 32.6 Å². The molecule has 4 amide bonds. The Labute approximate surface area is 161 Å². The number of carbonyl (C=O) groups excluding carboxylic acids is 4. The summed E-state index contributed by atoms with van der Waals surface area (Å²) in [6, 6.07) is -3.42. The minimum absolute atomic E-state index is 0.130. The molecule has 0 radical (unpaired) electrons. The highest BCUT2D eigenvalue weighted by Crippen LogP contribution is 2.17. The largest absolute Gasteiger partial charge is 0.480 e. The molecule has 1 aliphatic rings. The van der Waals surface area contributed by atoms with Gasteiger partial charge < -0.3 is 37.2 Å². The van der Waals surface area contributed by atoms with E-state index in [0.29, 0.717) is 12.8 Å². The topological polar surface area (TPSA) is 205 Å². The molecule has 12 heteroatoms. The third kappa shape index (κ3) is 6.78. The first-order chi connectivity index (χ1) is 13.0. The van der Waals surface area contributed by atoms with Gasteiger partial charge in [-0.3, -0.25) is 19.2 Å². The number of hydrogen-bond donors (Lipinski definition) is 6. The number of nitrogens with two attached hydrogens (primary N) is 2. The highest BCUT2D eigenvalue weighted by Gasteiger charge is 2.34. The van der Waals surface area contributed by atoms with Crippen LogP contribution >= 0.6 is 0 Å². The zero-order valence-corrected chi connectivity index (χ0v) is 15.6. The Balaban J connectivity index is 2.69. The van der Waals surface area contributed by atoms with Crippen LogP contribution in [0.5, 0.6) is 0 Å². The number of primary amides is 1. The maximum Gasteiger partial charge on any atom is 0.326 e. The molecule has 1 fully saturated rings. The van der Waals surface area contributed by atoms with Gasteiger partial charge in [0.15, 0.2) is 0 Å². The van der Waals surface area contributed by atoms with Crippen LogP contribution in [0.4, 0.5) is 0 Å². The standard InChI is InChI=1S/C16H27N5O7/c1-8(22)13(18)15(26)20-9(4-5-11(17)23)14(25)19-7-12(24)21-6-2-3-10(21)16(27)28/h8-10,13,22H,2-7,18H2,1H3,(H2,17,23)(H,19,25)(H,20,26)(H,27,28). The van der Waals surface area contributed by atoms with E-state index in [4.69, 9.17) is 16.6 Å². The number of aliphatic hydroxyl groups excluding tert-OH is 1. The number of aliphatic carboxylic acids is 1. The number of amides is 4. The van der Waals surface area contributed by atoms with Crippen molar-refractivity contribution in [1.29, 1.82) is 0 Å². The SMILES string of the molecule is CC(O)C(N)C(=O)NC(CCC(N)=O)C(=O)NCC(=O)N1CCCC1C(=O)O. The van der Waals surface area contributed by atoms with Crippen molar-refractivity contribution in [2.45, 2.75) is 56.8 Å². The molecule has 0 saturated carbocycles. The molecule has 0 aromatic rings. The van der Waals surface area contributed by atoms with Gasteiger partial charge in [-0.15, -0.1) is 0 Å². The van der Waals surface area contributed by atoms with Crippen molar-refractivity contribution < 1.29 is 34.2 Å². The fraction of sp³-hybridized carbons (Fsp3) is 0.688. The van der Waals surface area contributed by atoms with Gasteiger partial charge >= 0.3 is 5.97 Å². The van der Waals surface area contributed by atoms with Gasteiger partial charge in [0.05, 0.1) is 12.6 Å². The van der Waals surface area contributed by atoms with Crippen LogP contribution < -0.4 is 22.1 Å². The molecule has 0 aromatic carbocycles. The zero-order valence-electron chi connectivity index (χ0n) is 15.6. The molecule has 1 heterocycles. The number of hydrogen-bond acceptors (Lipinski definition) is 7. The van der Waals surface area contributed by atoms with E-state index < -0.39 is 60.4 Å². The van der Waals surface area contributed by atoms with Crippen LogP contribution in [-0.2, 0) is 24.0 Å². The monoisotopic (exact) mass is 401 g/mol. The van der Waals surface area contributed by atoms with E-state index in [1.165, 1.54) is 11.8 Å². The number of nitrogens with zero attached hydrogens (tertiary/aromatic N) is 1. The van der Waals surface area contributed by atoms with E-state index in [9.17, 15) is 29.1 Å². The van der Waals surface area contributed by atoms with Crippen LogP contribution in [0.2, 0.25) is 0 Å². The Morgan fingerprint density at radius 2 is 1.86 bits per heavy atom. The molecule has 4 unspecified atom stereocenters. The number of carbonyl (C=O) groups is 5. The molecule has 158 valence electrons. The van der Waals surface area contributed by atoms with Crippen LogP contribution in [0, 0.1) is 0 Å². The summed E-state index contributed by atoms with van der Waals surface area (Å²) in [5, 5.41) is 23.1. The van der Waals surface area contributed by atoms with Gasteiger partial charge in [0.25, 0.3) is 0 Å². The number of rotatable bonds is 10. The Bertz CT molecular complexity index is 625. The first-order valence-corrected chi connectivity index (χ1v) is 8.87. The van der Waals surface area contributed by atoms with Crippen molar-refractivity contribution in [2.24, 2.45) is 11.5 Å². The number of carboxylic acids is 1. The van der Waals surface area contributed by atoms with Crippen molar-refractivity contribution in [3.05, 3.63) is 0 Å². The van der Waals surface area contributed by atoms with Crippen molar-refractivity contribution in [2.75, 3.05) is 13.1 Å². The minimum atomic E-state index is -1.29. The lowest BCUT2D eigenvalue weighted by Gasteiger charge is -2.23. The average Bonchev–Trinajstić information content (AvgIpc) is 3.11. The second-order valence-electron chi connectivity index (χ2n) is 6.63. The van der Waals surface area contributed by atoms with Gasteiger partial charge in [0.2, 0.25) is 23.6 Å². The first-order valence-electron chi connectivity index (χ1n) is 8.87. The van der Waals surface area contributed by atoms with E-state index in [1.807, 2.05) is 0 Å². The van der Waals surface area contributed by atoms with Crippen LogP contribution in [0.3, 0.4) is 0 Å². The molecule has 12 nitrogen and oxygen atoms in total. The van der Waals surface area contributed by atoms with E-state index in [0.717, 1.165) is 0 Å². The molecule has 1 aliphatic heterocycles. The Hall–Kier alpha value is -2.73. The molecule has 0 spiro atoms. The summed E-state index contributed by atoms with van der Waals surface area (Å²) in [6.45, 7) is 1.11. The first kappa shape index (κ1) is 23.3. The molecule has 28 heavy (non-hydrogen) atoms. The summed E-state index contributed by atoms with van der Waals surface area (Å²) in [7, 11) is 0. The minimum Gasteiger partial charge on any atom is -0.480 e. The van der Waals surface area contributed by atoms with Crippen LogP contribution in [-0.4, -0.2) is 82.0 Å². The molecule has 0 aromatic heterocycles. The lowest BCUT2D eigenvalue weighted by atomic mass is 10.1. The Morgan fingerprint density at radius 1 is 1.21 bits per heavy atom. The van der Waals surface area contributed by atoms with Crippen molar-refractivity contribution in [3.63, 3.8) is 0 Å². The van der Waals surface area contributed by atoms with Gasteiger partial charge in [-0.2, -0.15) is 0 Å². The summed E-state index contributed by atoms with van der Waals surface area (Å²) in [5.74, 6) is -3.94. The zero-order chi connectivity index (χ0) is 21.4. The fourth-order valence-corrected chi connectivity index (χ4v) is 2.75. The lowest BCUT2D eigenvalue weighted by Crippen LogP contribution is -2.55. The molecule has 1 rings (SSSR count). The van der Waals surface area contributed by atoms with Crippen molar-refractivity contribution in [3.8, 4) is 0 Å². The third-order valence-electron chi connectivity index (χ3n) is 4.41. The van der Waals surface area contributed by atoms with E-state index in [-0.39, 0.29) is 19.4 Å². The Kier molecular flexibility index (Phi) is 8.79. The predicted molar refractivity (Wildman–Crippen MR) is 95.4 cm³/mol. The summed E-state index contributed by atoms with van der Waals surface area (Å²) in [4.78, 5) is 59.8. The van der Waals surface area contributed by atoms with Gasteiger partial charge in [-0.1, -0.05) is 0 Å². The third-order valence-corrected chi connectivity index (χ3v) is 4.41. The average molecular weight is 401 g/mol. The fourth-order valence-electron chi connectivity index (χ4n) is 2.75. The highest BCUT2D eigenvalue weighted by atomic mass is 16.4. The maximum atomic E-state index is 12.4. The predicted octanol–water partition coefficient (Wildman–Crippen LogP) is -3.36. The quantitative estimate of drug-likeness (QED) is 0.217. The maximum absolute atomic E-state index is 12.4. The molecule has 0 bridgehead atoms. The smallest absolute Gasteiger partial charge is 0.326 e. The van der Waals surface area contributed by atoms with E-state index in [1.54, 1.807) is 0 Å². The summed E-state index contributed by atoms with van der Waals surface area (Å²) in [5.41, 5.74) is 10.6. The molecule has 4 atom stereocenters. The normalized spacial score (nSPS) is 19.4. The summed E-state index contributed by atoms with van der Waals surface area (Å²) in [6.07, 6.45) is -0.614. The van der Waals surface area contributed by atoms with Crippen LogP contribution in [0.15, 0.2) is 0 Å².